The number of terminal acetylenes is 1. The Bertz CT molecular complexity index is 998. The van der Waals surface area contributed by atoms with Crippen LogP contribution in [0.4, 0.5) is 31.1 Å². The minimum atomic E-state index is -4.93. The second-order valence-electron chi connectivity index (χ2n) is 7.88. The molecule has 2 aromatic rings. The van der Waals surface area contributed by atoms with Gasteiger partial charge in [-0.3, -0.25) is 0 Å². The predicted molar refractivity (Wildman–Crippen MR) is 113 cm³/mol. The summed E-state index contributed by atoms with van der Waals surface area (Å²) in [4.78, 5) is 13.9. The van der Waals surface area contributed by atoms with Gasteiger partial charge in [0.25, 0.3) is 0 Å². The van der Waals surface area contributed by atoms with Gasteiger partial charge < -0.3 is 15.0 Å². The molecule has 10 heteroatoms. The first kappa shape index (κ1) is 25.4. The number of halogens is 6. The number of benzene rings is 2. The molecule has 1 fully saturated rings. The Morgan fingerprint density at radius 2 is 1.68 bits per heavy atom. The lowest BCUT2D eigenvalue weighted by atomic mass is 9.88. The van der Waals surface area contributed by atoms with Crippen LogP contribution in [-0.2, 0) is 23.7 Å². The maximum Gasteiger partial charge on any atom is 0.416 e. The number of nitrogens with zero attached hydrogens (tertiary/aromatic N) is 1. The molecule has 1 N–H and O–H groups in total. The number of urea groups is 1. The highest BCUT2D eigenvalue weighted by Crippen LogP contribution is 2.37. The normalized spacial score (nSPS) is 18.9. The molecular weight excluding hydrogens is 462 g/mol. The van der Waals surface area contributed by atoms with E-state index in [1.807, 2.05) is 12.1 Å². The number of ether oxygens (including phenoxy) is 1. The third kappa shape index (κ3) is 6.44. The van der Waals surface area contributed by atoms with Gasteiger partial charge in [0.05, 0.1) is 30.4 Å². The standard InChI is InChI=1S/C24H22F6N2O2/c1-2-9-31-22(33)32-10-8-21(20(14-32)17-6-4-3-5-7-17)34-15-16-11-18(23(25,26)27)13-19(12-16)24(28,29)30/h1,3-7,11-13,20-21H,8-10,14-15H2,(H,31,33)/t20-,21-/m1/s1. The number of amides is 2. The van der Waals surface area contributed by atoms with Gasteiger partial charge in [-0.25, -0.2) is 4.79 Å². The Morgan fingerprint density at radius 1 is 1.06 bits per heavy atom. The van der Waals surface area contributed by atoms with Gasteiger partial charge in [0.2, 0.25) is 0 Å². The first-order valence-electron chi connectivity index (χ1n) is 10.4. The van der Waals surface area contributed by atoms with E-state index in [4.69, 9.17) is 11.2 Å². The minimum absolute atomic E-state index is 0.0579. The molecular formula is C24H22F6N2O2. The second-order valence-corrected chi connectivity index (χ2v) is 7.88. The first-order valence-corrected chi connectivity index (χ1v) is 10.4. The quantitative estimate of drug-likeness (QED) is 0.454. The van der Waals surface area contributed by atoms with Gasteiger partial charge in [0.1, 0.15) is 0 Å². The van der Waals surface area contributed by atoms with Gasteiger partial charge >= 0.3 is 18.4 Å². The fourth-order valence-corrected chi connectivity index (χ4v) is 3.88. The summed E-state index contributed by atoms with van der Waals surface area (Å²) in [5.41, 5.74) is -2.17. The van der Waals surface area contributed by atoms with Gasteiger partial charge in [0.15, 0.2) is 0 Å². The van der Waals surface area contributed by atoms with Crippen molar-refractivity contribution >= 4 is 6.03 Å². The van der Waals surface area contributed by atoms with Crippen molar-refractivity contribution in [2.75, 3.05) is 19.6 Å². The Balaban J connectivity index is 1.81. The molecule has 3 rings (SSSR count). The van der Waals surface area contributed by atoms with Crippen molar-refractivity contribution in [1.29, 1.82) is 0 Å². The van der Waals surface area contributed by atoms with Crippen molar-refractivity contribution in [2.45, 2.75) is 37.4 Å². The minimum Gasteiger partial charge on any atom is -0.373 e. The van der Waals surface area contributed by atoms with E-state index >= 15 is 0 Å². The molecule has 2 aromatic carbocycles. The first-order chi connectivity index (χ1) is 16.0. The highest BCUT2D eigenvalue weighted by Gasteiger charge is 2.37. The highest BCUT2D eigenvalue weighted by molar-refractivity contribution is 5.74. The summed E-state index contributed by atoms with van der Waals surface area (Å²) in [6, 6.07) is 10.1. The Morgan fingerprint density at radius 3 is 2.24 bits per heavy atom. The molecule has 1 aliphatic rings. The van der Waals surface area contributed by atoms with Crippen LogP contribution in [-0.4, -0.2) is 36.7 Å². The van der Waals surface area contributed by atoms with Crippen molar-refractivity contribution in [1.82, 2.24) is 10.2 Å². The lowest BCUT2D eigenvalue weighted by Crippen LogP contribution is -2.49. The van der Waals surface area contributed by atoms with Crippen molar-refractivity contribution < 1.29 is 35.9 Å². The van der Waals surface area contributed by atoms with E-state index in [1.54, 1.807) is 23.1 Å². The Kier molecular flexibility index (Phi) is 7.77. The Labute approximate surface area is 192 Å². The van der Waals surface area contributed by atoms with Crippen LogP contribution >= 0.6 is 0 Å². The third-order valence-electron chi connectivity index (χ3n) is 5.52. The largest absolute Gasteiger partial charge is 0.416 e. The van der Waals surface area contributed by atoms with Crippen LogP contribution in [0.15, 0.2) is 48.5 Å². The van der Waals surface area contributed by atoms with Crippen LogP contribution in [0.2, 0.25) is 0 Å². The fraction of sp³-hybridized carbons (Fsp3) is 0.375. The zero-order valence-electron chi connectivity index (χ0n) is 17.9. The maximum atomic E-state index is 13.2. The number of piperidine rings is 1. The molecule has 0 radical (unpaired) electrons. The van der Waals surface area contributed by atoms with Crippen molar-refractivity contribution in [3.63, 3.8) is 0 Å². The second kappa shape index (κ2) is 10.4. The van der Waals surface area contributed by atoms with Crippen molar-refractivity contribution in [2.24, 2.45) is 0 Å². The zero-order valence-corrected chi connectivity index (χ0v) is 17.9. The van der Waals surface area contributed by atoms with Gasteiger partial charge in [-0.15, -0.1) is 6.42 Å². The van der Waals surface area contributed by atoms with E-state index in [0.717, 1.165) is 5.56 Å². The van der Waals surface area contributed by atoms with Crippen molar-refractivity contribution in [3.05, 3.63) is 70.8 Å². The summed E-state index contributed by atoms with van der Waals surface area (Å²) in [5, 5.41) is 2.58. The Hall–Kier alpha value is -3.19. The summed E-state index contributed by atoms with van der Waals surface area (Å²) in [7, 11) is 0. The summed E-state index contributed by atoms with van der Waals surface area (Å²) in [6.07, 6.45) is -4.87. The van der Waals surface area contributed by atoms with Gasteiger partial charge in [0, 0.05) is 19.0 Å². The molecule has 34 heavy (non-hydrogen) atoms. The highest BCUT2D eigenvalue weighted by atomic mass is 19.4. The topological polar surface area (TPSA) is 41.6 Å². The van der Waals surface area contributed by atoms with Crippen LogP contribution in [0.5, 0.6) is 0 Å². The summed E-state index contributed by atoms with van der Waals surface area (Å²) >= 11 is 0. The van der Waals surface area contributed by atoms with Gasteiger partial charge in [-0.2, -0.15) is 26.3 Å². The molecule has 0 bridgehead atoms. The predicted octanol–water partition coefficient (Wildman–Crippen LogP) is 5.44. The van der Waals surface area contributed by atoms with E-state index in [9.17, 15) is 31.1 Å². The average Bonchev–Trinajstić information content (AvgIpc) is 2.80. The van der Waals surface area contributed by atoms with E-state index in [1.165, 1.54) is 0 Å². The molecule has 2 atom stereocenters. The number of rotatable bonds is 5. The molecule has 182 valence electrons. The summed E-state index contributed by atoms with van der Waals surface area (Å²) in [6.45, 7) is 0.162. The SMILES string of the molecule is C#CCNC(=O)N1CC[C@@H](OCc2cc(C(F)(F)F)cc(C(F)(F)F)c2)[C@@H](c2ccccc2)C1. The van der Waals surface area contributed by atoms with Crippen LogP contribution in [0.25, 0.3) is 0 Å². The van der Waals surface area contributed by atoms with E-state index in [0.29, 0.717) is 25.1 Å². The van der Waals surface area contributed by atoms with Crippen LogP contribution < -0.4 is 5.32 Å². The van der Waals surface area contributed by atoms with Gasteiger partial charge in [-0.1, -0.05) is 36.3 Å². The number of hydrogen-bond donors (Lipinski definition) is 1. The fourth-order valence-electron chi connectivity index (χ4n) is 3.88. The van der Waals surface area contributed by atoms with Crippen LogP contribution in [0.3, 0.4) is 0 Å². The summed E-state index contributed by atoms with van der Waals surface area (Å²) < 4.78 is 84.8. The number of alkyl halides is 6. The van der Waals surface area contributed by atoms with Crippen LogP contribution in [0.1, 0.15) is 34.6 Å². The zero-order chi connectivity index (χ0) is 24.9. The van der Waals surface area contributed by atoms with Crippen LogP contribution in [0, 0.1) is 12.3 Å². The number of nitrogens with one attached hydrogen (secondary N) is 1. The number of likely N-dealkylation sites (tertiary alicyclic amines) is 1. The summed E-state index contributed by atoms with van der Waals surface area (Å²) in [5.74, 6) is 1.98. The molecule has 2 amide bonds. The number of hydrogen-bond acceptors (Lipinski definition) is 2. The van der Waals surface area contributed by atoms with E-state index in [-0.39, 0.29) is 36.7 Å². The van der Waals surface area contributed by atoms with E-state index in [2.05, 4.69) is 11.2 Å². The number of carbonyl (C=O) groups excluding carboxylic acids is 1. The average molecular weight is 484 g/mol. The molecule has 1 saturated heterocycles. The molecule has 1 heterocycles. The van der Waals surface area contributed by atoms with E-state index < -0.39 is 36.2 Å². The molecule has 4 nitrogen and oxygen atoms in total. The number of carbonyl (C=O) groups is 1. The molecule has 0 aromatic heterocycles. The van der Waals surface area contributed by atoms with Gasteiger partial charge in [-0.05, 0) is 35.7 Å². The smallest absolute Gasteiger partial charge is 0.373 e. The lowest BCUT2D eigenvalue weighted by molar-refractivity contribution is -0.143. The van der Waals surface area contributed by atoms with Crippen molar-refractivity contribution in [3.8, 4) is 12.3 Å². The molecule has 0 unspecified atom stereocenters. The third-order valence-corrected chi connectivity index (χ3v) is 5.52. The monoisotopic (exact) mass is 484 g/mol. The molecule has 0 saturated carbocycles. The maximum absolute atomic E-state index is 13.2. The lowest BCUT2D eigenvalue weighted by Gasteiger charge is -2.38. The molecule has 1 aliphatic heterocycles. The molecule has 0 aliphatic carbocycles. The molecule has 0 spiro atoms.